The van der Waals surface area contributed by atoms with Crippen molar-refractivity contribution in [3.63, 3.8) is 0 Å². The number of thiazole rings is 1. The van der Waals surface area contributed by atoms with Gasteiger partial charge in [0.2, 0.25) is 5.91 Å². The van der Waals surface area contributed by atoms with E-state index in [9.17, 15) is 9.59 Å². The first-order valence-corrected chi connectivity index (χ1v) is 9.87. The first-order chi connectivity index (χ1) is 13.5. The molecule has 3 rings (SSSR count). The van der Waals surface area contributed by atoms with Gasteiger partial charge in [-0.1, -0.05) is 36.8 Å². The van der Waals surface area contributed by atoms with Crippen LogP contribution in [0.25, 0.3) is 0 Å². The Morgan fingerprint density at radius 3 is 2.25 bits per heavy atom. The van der Waals surface area contributed by atoms with E-state index in [4.69, 9.17) is 0 Å². The number of rotatable bonds is 6. The number of aromatic nitrogens is 1. The minimum Gasteiger partial charge on any atom is -0.326 e. The molecule has 0 atom stereocenters. The van der Waals surface area contributed by atoms with Crippen LogP contribution in [0, 0.1) is 6.92 Å². The van der Waals surface area contributed by atoms with Crippen molar-refractivity contribution in [2.24, 2.45) is 0 Å². The van der Waals surface area contributed by atoms with Crippen LogP contribution in [0.15, 0.2) is 53.9 Å². The summed E-state index contributed by atoms with van der Waals surface area (Å²) < 4.78 is 0. The van der Waals surface area contributed by atoms with E-state index in [1.54, 1.807) is 5.38 Å². The minimum atomic E-state index is -0.370. The van der Waals surface area contributed by atoms with Crippen molar-refractivity contribution in [2.75, 3.05) is 16.0 Å². The summed E-state index contributed by atoms with van der Waals surface area (Å²) in [5, 5.41) is 10.5. The fourth-order valence-electron chi connectivity index (χ4n) is 2.54. The van der Waals surface area contributed by atoms with Gasteiger partial charge in [0.1, 0.15) is 0 Å². The van der Waals surface area contributed by atoms with E-state index in [1.807, 2.05) is 55.5 Å². The molecule has 0 aliphatic carbocycles. The summed E-state index contributed by atoms with van der Waals surface area (Å²) in [6, 6.07) is 14.9. The first kappa shape index (κ1) is 19.6. The molecule has 6 nitrogen and oxygen atoms in total. The summed E-state index contributed by atoms with van der Waals surface area (Å²) in [4.78, 5) is 28.5. The smallest absolute Gasteiger partial charge is 0.325 e. The van der Waals surface area contributed by atoms with Gasteiger partial charge < -0.3 is 10.6 Å². The van der Waals surface area contributed by atoms with Gasteiger partial charge in [0.05, 0.1) is 12.1 Å². The van der Waals surface area contributed by atoms with Gasteiger partial charge in [-0.05, 0) is 43.2 Å². The molecule has 0 aliphatic heterocycles. The zero-order valence-electron chi connectivity index (χ0n) is 15.8. The van der Waals surface area contributed by atoms with Crippen molar-refractivity contribution in [3.05, 3.63) is 70.7 Å². The molecule has 3 amide bonds. The molecule has 0 saturated carbocycles. The fraction of sp³-hybridized carbons (Fsp3) is 0.190. The van der Waals surface area contributed by atoms with Crippen molar-refractivity contribution in [3.8, 4) is 0 Å². The summed E-state index contributed by atoms with van der Waals surface area (Å²) in [6.07, 6.45) is 1.10. The lowest BCUT2D eigenvalue weighted by molar-refractivity contribution is -0.115. The molecule has 3 aromatic rings. The predicted octanol–water partition coefficient (Wildman–Crippen LogP) is 4.84. The molecule has 0 spiro atoms. The van der Waals surface area contributed by atoms with E-state index in [-0.39, 0.29) is 18.4 Å². The van der Waals surface area contributed by atoms with E-state index in [2.05, 4.69) is 27.9 Å². The third-order valence-electron chi connectivity index (χ3n) is 4.07. The Labute approximate surface area is 168 Å². The highest BCUT2D eigenvalue weighted by molar-refractivity contribution is 7.14. The normalized spacial score (nSPS) is 10.4. The maximum Gasteiger partial charge on any atom is 0.325 e. The van der Waals surface area contributed by atoms with Crippen molar-refractivity contribution in [2.45, 2.75) is 26.7 Å². The lowest BCUT2D eigenvalue weighted by atomic mass is 10.1. The van der Waals surface area contributed by atoms with Crippen LogP contribution in [-0.2, 0) is 17.6 Å². The first-order valence-electron chi connectivity index (χ1n) is 8.99. The summed E-state index contributed by atoms with van der Waals surface area (Å²) >= 11 is 1.28. The number of urea groups is 1. The standard InChI is InChI=1S/C21H22N4O2S/c1-3-15-6-10-16(11-7-15)22-19(26)12-18-13-28-21(24-18)25-20(27)23-17-8-4-14(2)5-9-17/h4-11,13H,3,12H2,1-2H3,(H,22,26)(H2,23,24,25,27). The second-order valence-electron chi connectivity index (χ2n) is 6.36. The molecule has 1 aromatic heterocycles. The van der Waals surface area contributed by atoms with Gasteiger partial charge in [-0.15, -0.1) is 11.3 Å². The number of hydrogen-bond acceptors (Lipinski definition) is 4. The van der Waals surface area contributed by atoms with E-state index < -0.39 is 0 Å². The Kier molecular flexibility index (Phi) is 6.39. The number of benzene rings is 2. The summed E-state index contributed by atoms with van der Waals surface area (Å²) in [5.74, 6) is -0.148. The highest BCUT2D eigenvalue weighted by Gasteiger charge is 2.10. The maximum atomic E-state index is 12.2. The van der Waals surface area contributed by atoms with Gasteiger partial charge in [-0.25, -0.2) is 9.78 Å². The van der Waals surface area contributed by atoms with Gasteiger partial charge in [-0.2, -0.15) is 0 Å². The third-order valence-corrected chi connectivity index (χ3v) is 4.88. The Morgan fingerprint density at radius 2 is 1.57 bits per heavy atom. The second kappa shape index (κ2) is 9.14. The monoisotopic (exact) mass is 394 g/mol. The van der Waals surface area contributed by atoms with Gasteiger partial charge >= 0.3 is 6.03 Å². The highest BCUT2D eigenvalue weighted by atomic mass is 32.1. The van der Waals surface area contributed by atoms with Crippen LogP contribution in [0.3, 0.4) is 0 Å². The molecule has 0 fully saturated rings. The number of nitrogens with zero attached hydrogens (tertiary/aromatic N) is 1. The SMILES string of the molecule is CCc1ccc(NC(=O)Cc2csc(NC(=O)Nc3ccc(C)cc3)n2)cc1. The number of carbonyl (C=O) groups excluding carboxylic acids is 2. The molecule has 0 aliphatic rings. The number of nitrogens with one attached hydrogen (secondary N) is 3. The van der Waals surface area contributed by atoms with E-state index in [0.717, 1.165) is 17.7 Å². The molecule has 144 valence electrons. The zero-order chi connectivity index (χ0) is 19.9. The van der Waals surface area contributed by atoms with Crippen LogP contribution in [0.2, 0.25) is 0 Å². The van der Waals surface area contributed by atoms with Crippen LogP contribution >= 0.6 is 11.3 Å². The van der Waals surface area contributed by atoms with Gasteiger partial charge in [0.15, 0.2) is 5.13 Å². The van der Waals surface area contributed by atoms with Crippen molar-refractivity contribution in [1.82, 2.24) is 4.98 Å². The van der Waals surface area contributed by atoms with E-state index >= 15 is 0 Å². The van der Waals surface area contributed by atoms with Gasteiger partial charge in [0.25, 0.3) is 0 Å². The summed E-state index contributed by atoms with van der Waals surface area (Å²) in [7, 11) is 0. The Bertz CT molecular complexity index is 949. The maximum absolute atomic E-state index is 12.2. The fourth-order valence-corrected chi connectivity index (χ4v) is 3.24. The number of hydrogen-bond donors (Lipinski definition) is 3. The molecule has 28 heavy (non-hydrogen) atoms. The van der Waals surface area contributed by atoms with Crippen LogP contribution in [0.4, 0.5) is 21.3 Å². The van der Waals surface area contributed by atoms with Crippen molar-refractivity contribution < 1.29 is 9.59 Å². The average Bonchev–Trinajstić information content (AvgIpc) is 3.10. The Hall–Kier alpha value is -3.19. The largest absolute Gasteiger partial charge is 0.326 e. The molecule has 0 bridgehead atoms. The van der Waals surface area contributed by atoms with Crippen LogP contribution in [0.5, 0.6) is 0 Å². The number of aryl methyl sites for hydroxylation is 2. The molecule has 0 unspecified atom stereocenters. The quantitative estimate of drug-likeness (QED) is 0.559. The zero-order valence-corrected chi connectivity index (χ0v) is 16.6. The lowest BCUT2D eigenvalue weighted by Gasteiger charge is -2.06. The minimum absolute atomic E-state index is 0.146. The molecule has 3 N–H and O–H groups in total. The van der Waals surface area contributed by atoms with E-state index in [0.29, 0.717) is 16.5 Å². The van der Waals surface area contributed by atoms with Crippen LogP contribution in [-0.4, -0.2) is 16.9 Å². The number of anilines is 3. The van der Waals surface area contributed by atoms with Crippen molar-refractivity contribution in [1.29, 1.82) is 0 Å². The Morgan fingerprint density at radius 1 is 0.929 bits per heavy atom. The van der Waals surface area contributed by atoms with Crippen LogP contribution < -0.4 is 16.0 Å². The molecule has 2 aromatic carbocycles. The average molecular weight is 395 g/mol. The van der Waals surface area contributed by atoms with Crippen LogP contribution in [0.1, 0.15) is 23.7 Å². The molecule has 0 saturated heterocycles. The van der Waals surface area contributed by atoms with Crippen molar-refractivity contribution >= 4 is 39.8 Å². The highest BCUT2D eigenvalue weighted by Crippen LogP contribution is 2.17. The second-order valence-corrected chi connectivity index (χ2v) is 7.22. The summed E-state index contributed by atoms with van der Waals surface area (Å²) in [6.45, 7) is 4.07. The van der Waals surface area contributed by atoms with E-state index in [1.165, 1.54) is 16.9 Å². The molecule has 1 heterocycles. The topological polar surface area (TPSA) is 83.1 Å². The summed E-state index contributed by atoms with van der Waals surface area (Å²) in [5.41, 5.74) is 4.41. The predicted molar refractivity (Wildman–Crippen MR) is 114 cm³/mol. The lowest BCUT2D eigenvalue weighted by Crippen LogP contribution is -2.19. The molecular weight excluding hydrogens is 372 g/mol. The molecular formula is C21H22N4O2S. The van der Waals surface area contributed by atoms with Gasteiger partial charge in [-0.3, -0.25) is 10.1 Å². The Balaban J connectivity index is 1.50. The number of carbonyl (C=O) groups is 2. The number of amides is 3. The molecule has 7 heteroatoms. The third kappa shape index (κ3) is 5.65. The van der Waals surface area contributed by atoms with Gasteiger partial charge in [0, 0.05) is 16.8 Å². The molecule has 0 radical (unpaired) electrons.